The molecule has 0 atom stereocenters. The van der Waals surface area contributed by atoms with Crippen molar-refractivity contribution in [2.45, 2.75) is 13.8 Å². The normalized spacial score (nSPS) is 14.5. The molecule has 1 heterocycles. The fraction of sp³-hybridized carbons (Fsp3) is 0.154. The van der Waals surface area contributed by atoms with Crippen LogP contribution >= 0.6 is 0 Å². The standard InChI is InChI=1S/C26H25F2N3O/c1-17-9-11-21(12-10-17)18(2)13-22(32-5)15-31-16-25(19(3)14-29-31)30-20(4)23-7-6-8-24(27)26(23)28/h6-14,16H,2-3,15H2,1,4-5H3/b22-13-,30-20?. The van der Waals surface area contributed by atoms with E-state index in [0.29, 0.717) is 29.3 Å². The zero-order valence-corrected chi connectivity index (χ0v) is 18.4. The molecule has 0 saturated heterocycles. The largest absolute Gasteiger partial charge is 0.499 e. The molecule has 0 bridgehead atoms. The molecule has 0 fully saturated rings. The first kappa shape index (κ1) is 22.9. The molecule has 0 amide bonds. The van der Waals surface area contributed by atoms with E-state index in [4.69, 9.17) is 4.74 Å². The molecule has 3 rings (SSSR count). The molecule has 0 aliphatic carbocycles. The first-order valence-electron chi connectivity index (χ1n) is 10.0. The van der Waals surface area contributed by atoms with Crippen molar-refractivity contribution in [3.05, 3.63) is 113 Å². The van der Waals surface area contributed by atoms with Crippen LogP contribution in [0, 0.1) is 18.6 Å². The maximum absolute atomic E-state index is 14.1. The van der Waals surface area contributed by atoms with Gasteiger partial charge in [0.2, 0.25) is 0 Å². The lowest BCUT2D eigenvalue weighted by Gasteiger charge is -2.21. The zero-order chi connectivity index (χ0) is 23.3. The highest BCUT2D eigenvalue weighted by molar-refractivity contribution is 6.00. The second kappa shape index (κ2) is 10.0. The Morgan fingerprint density at radius 1 is 1.19 bits per heavy atom. The van der Waals surface area contributed by atoms with Gasteiger partial charge in [-0.3, -0.25) is 10.0 Å². The summed E-state index contributed by atoms with van der Waals surface area (Å²) in [5.41, 5.74) is 4.46. The van der Waals surface area contributed by atoms with E-state index in [2.05, 4.69) is 23.3 Å². The quantitative estimate of drug-likeness (QED) is 0.304. The highest BCUT2D eigenvalue weighted by Gasteiger charge is 2.15. The van der Waals surface area contributed by atoms with Crippen LogP contribution in [0.15, 0.2) is 95.0 Å². The van der Waals surface area contributed by atoms with Crippen molar-refractivity contribution in [1.29, 1.82) is 0 Å². The van der Waals surface area contributed by atoms with E-state index in [-0.39, 0.29) is 5.56 Å². The fourth-order valence-corrected chi connectivity index (χ4v) is 3.05. The Kier molecular flexibility index (Phi) is 7.15. The Morgan fingerprint density at radius 2 is 1.91 bits per heavy atom. The van der Waals surface area contributed by atoms with Crippen molar-refractivity contribution in [2.75, 3.05) is 13.7 Å². The Morgan fingerprint density at radius 3 is 2.59 bits per heavy atom. The Balaban J connectivity index is 1.81. The van der Waals surface area contributed by atoms with Crippen molar-refractivity contribution in [2.24, 2.45) is 10.1 Å². The smallest absolute Gasteiger partial charge is 0.167 e. The van der Waals surface area contributed by atoms with E-state index in [0.717, 1.165) is 17.2 Å². The summed E-state index contributed by atoms with van der Waals surface area (Å²) in [6, 6.07) is 12.1. The van der Waals surface area contributed by atoms with Crippen LogP contribution < -0.4 is 0 Å². The molecule has 2 aromatic carbocycles. The first-order chi connectivity index (χ1) is 15.3. The van der Waals surface area contributed by atoms with E-state index in [9.17, 15) is 8.78 Å². The highest BCUT2D eigenvalue weighted by atomic mass is 19.2. The lowest BCUT2D eigenvalue weighted by molar-refractivity contribution is 0.248. The molecule has 0 unspecified atom stereocenters. The topological polar surface area (TPSA) is 37.2 Å². The van der Waals surface area contributed by atoms with Gasteiger partial charge in [0.25, 0.3) is 0 Å². The molecule has 2 aromatic rings. The number of aryl methyl sites for hydroxylation is 1. The number of rotatable bonds is 7. The predicted molar refractivity (Wildman–Crippen MR) is 126 cm³/mol. The molecule has 1 aliphatic heterocycles. The van der Waals surface area contributed by atoms with Crippen LogP contribution in [-0.2, 0) is 4.74 Å². The number of methoxy groups -OCH3 is 1. The van der Waals surface area contributed by atoms with Crippen LogP contribution in [0.4, 0.5) is 8.78 Å². The van der Waals surface area contributed by atoms with Crippen molar-refractivity contribution in [1.82, 2.24) is 5.01 Å². The number of hydrogen-bond acceptors (Lipinski definition) is 4. The number of benzene rings is 2. The van der Waals surface area contributed by atoms with E-state index < -0.39 is 11.6 Å². The molecule has 4 nitrogen and oxygen atoms in total. The lowest BCUT2D eigenvalue weighted by Crippen LogP contribution is -2.19. The monoisotopic (exact) mass is 433 g/mol. The number of halogens is 2. The van der Waals surface area contributed by atoms with E-state index in [1.807, 2.05) is 37.3 Å². The Bertz CT molecular complexity index is 1160. The van der Waals surface area contributed by atoms with Crippen LogP contribution in [0.25, 0.3) is 5.57 Å². The molecule has 32 heavy (non-hydrogen) atoms. The van der Waals surface area contributed by atoms with E-state index >= 15 is 0 Å². The summed E-state index contributed by atoms with van der Waals surface area (Å²) in [5.74, 6) is -1.20. The number of hydrogen-bond donors (Lipinski definition) is 0. The lowest BCUT2D eigenvalue weighted by atomic mass is 10.1. The Hall–Kier alpha value is -3.80. The number of allylic oxidation sites excluding steroid dienone is 3. The average molecular weight is 434 g/mol. The maximum Gasteiger partial charge on any atom is 0.167 e. The second-order valence-electron chi connectivity index (χ2n) is 7.39. The van der Waals surface area contributed by atoms with Gasteiger partial charge >= 0.3 is 0 Å². The van der Waals surface area contributed by atoms with Crippen LogP contribution in [0.1, 0.15) is 23.6 Å². The molecule has 0 saturated carbocycles. The minimum Gasteiger partial charge on any atom is -0.499 e. The summed E-state index contributed by atoms with van der Waals surface area (Å²) in [6.07, 6.45) is 5.11. The average Bonchev–Trinajstić information content (AvgIpc) is 2.77. The first-order valence-corrected chi connectivity index (χ1v) is 10.0. The van der Waals surface area contributed by atoms with Gasteiger partial charge < -0.3 is 4.74 Å². The molecule has 0 aromatic heterocycles. The van der Waals surface area contributed by atoms with Crippen molar-refractivity contribution >= 4 is 17.5 Å². The zero-order valence-electron chi connectivity index (χ0n) is 18.4. The van der Waals surface area contributed by atoms with E-state index in [1.165, 1.54) is 17.7 Å². The third-order valence-electron chi connectivity index (χ3n) is 4.93. The van der Waals surface area contributed by atoms with Gasteiger partial charge in [-0.1, -0.05) is 49.1 Å². The van der Waals surface area contributed by atoms with E-state index in [1.54, 1.807) is 31.5 Å². The third-order valence-corrected chi connectivity index (χ3v) is 4.93. The molecule has 6 heteroatoms. The third kappa shape index (κ3) is 5.46. The van der Waals surface area contributed by atoms with Gasteiger partial charge in [0.1, 0.15) is 5.76 Å². The van der Waals surface area contributed by atoms with Gasteiger partial charge in [-0.2, -0.15) is 5.10 Å². The van der Waals surface area contributed by atoms with Gasteiger partial charge in [-0.25, -0.2) is 8.78 Å². The van der Waals surface area contributed by atoms with Crippen LogP contribution in [0.3, 0.4) is 0 Å². The summed E-state index contributed by atoms with van der Waals surface area (Å²) >= 11 is 0. The molecule has 0 spiro atoms. The molecule has 1 aliphatic rings. The van der Waals surface area contributed by atoms with Gasteiger partial charge in [0, 0.05) is 16.8 Å². The summed E-state index contributed by atoms with van der Waals surface area (Å²) in [7, 11) is 1.58. The van der Waals surface area contributed by atoms with Gasteiger partial charge in [0.15, 0.2) is 11.6 Å². The SMILES string of the molecule is C=C1C=NN(C/C(=C/C(=C)c2ccc(C)cc2)OC)C=C1N=C(C)c1cccc(F)c1F. The summed E-state index contributed by atoms with van der Waals surface area (Å²) in [5, 5.41) is 5.97. The van der Waals surface area contributed by atoms with Gasteiger partial charge in [-0.15, -0.1) is 0 Å². The van der Waals surface area contributed by atoms with Gasteiger partial charge in [0.05, 0.1) is 31.8 Å². The number of aliphatic imine (C=N–C) groups is 1. The van der Waals surface area contributed by atoms with Crippen molar-refractivity contribution < 1.29 is 13.5 Å². The van der Waals surface area contributed by atoms with Crippen LogP contribution in [-0.4, -0.2) is 30.6 Å². The minimum absolute atomic E-state index is 0.0969. The molecule has 0 radical (unpaired) electrons. The van der Waals surface area contributed by atoms with Crippen LogP contribution in [0.5, 0.6) is 0 Å². The summed E-state index contributed by atoms with van der Waals surface area (Å²) < 4.78 is 33.2. The highest BCUT2D eigenvalue weighted by Crippen LogP contribution is 2.21. The fourth-order valence-electron chi connectivity index (χ4n) is 3.05. The molecular formula is C26H25F2N3O. The molecule has 0 N–H and O–H groups in total. The summed E-state index contributed by atoms with van der Waals surface area (Å²) in [4.78, 5) is 4.45. The molecule has 164 valence electrons. The van der Waals surface area contributed by atoms with Gasteiger partial charge in [-0.05, 0) is 43.2 Å². The number of hydrazone groups is 1. The summed E-state index contributed by atoms with van der Waals surface area (Å²) in [6.45, 7) is 12.0. The number of nitrogens with zero attached hydrogens (tertiary/aromatic N) is 3. The molecular weight excluding hydrogens is 408 g/mol. The van der Waals surface area contributed by atoms with Crippen molar-refractivity contribution in [3.63, 3.8) is 0 Å². The maximum atomic E-state index is 14.1. The van der Waals surface area contributed by atoms with Crippen molar-refractivity contribution in [3.8, 4) is 0 Å². The predicted octanol–water partition coefficient (Wildman–Crippen LogP) is 6.02. The number of ether oxygens (including phenoxy) is 1. The minimum atomic E-state index is -0.930. The van der Waals surface area contributed by atoms with Crippen LogP contribution in [0.2, 0.25) is 0 Å². The Labute approximate surface area is 187 Å². The second-order valence-corrected chi connectivity index (χ2v) is 7.39.